The van der Waals surface area contributed by atoms with Crippen molar-refractivity contribution in [3.05, 3.63) is 143 Å². The molecule has 2 N–H and O–H groups in total. The first-order valence-corrected chi connectivity index (χ1v) is 16.9. The van der Waals surface area contributed by atoms with Crippen LogP contribution in [0.15, 0.2) is 115 Å². The summed E-state index contributed by atoms with van der Waals surface area (Å²) in [5.41, 5.74) is 2.25. The molecule has 4 aromatic carbocycles. The normalized spacial score (nSPS) is 17.7. The number of para-hydroxylation sites is 2. The number of nitrogens with zero attached hydrogens (tertiary/aromatic N) is 1. The van der Waals surface area contributed by atoms with Crippen molar-refractivity contribution in [3.8, 4) is 11.3 Å². The highest BCUT2D eigenvalue weighted by molar-refractivity contribution is 6.02. The van der Waals surface area contributed by atoms with Gasteiger partial charge in [0.2, 0.25) is 0 Å². The number of benzene rings is 4. The Morgan fingerprint density at radius 3 is 2.31 bits per heavy atom. The van der Waals surface area contributed by atoms with Gasteiger partial charge in [0, 0.05) is 39.2 Å². The van der Waals surface area contributed by atoms with Crippen molar-refractivity contribution in [2.45, 2.75) is 57.7 Å². The Bertz CT molecular complexity index is 2170. The van der Waals surface area contributed by atoms with E-state index in [0.717, 1.165) is 16.3 Å². The topological polar surface area (TPSA) is 40.7 Å². The van der Waals surface area contributed by atoms with Crippen LogP contribution in [-0.4, -0.2) is 28.2 Å². The molecular formula is C42H39F4N3. The van der Waals surface area contributed by atoms with Crippen molar-refractivity contribution in [3.63, 3.8) is 0 Å². The molecule has 0 saturated carbocycles. The van der Waals surface area contributed by atoms with Gasteiger partial charge in [0.05, 0.1) is 5.52 Å². The number of H-pyrrole nitrogens is 1. The van der Waals surface area contributed by atoms with E-state index in [1.54, 1.807) is 19.2 Å². The number of fused-ring (bicyclic) bond motifs is 3. The second-order valence-corrected chi connectivity index (χ2v) is 13.7. The van der Waals surface area contributed by atoms with Crippen molar-refractivity contribution in [2.75, 3.05) is 6.54 Å². The molecule has 3 nitrogen and oxygen atoms in total. The molecule has 0 bridgehead atoms. The fraction of sp³-hybridized carbons (Fsp3) is 0.262. The van der Waals surface area contributed by atoms with Crippen LogP contribution in [0.3, 0.4) is 0 Å². The van der Waals surface area contributed by atoms with E-state index in [-0.39, 0.29) is 30.9 Å². The molecule has 0 aliphatic heterocycles. The van der Waals surface area contributed by atoms with E-state index in [4.69, 9.17) is 0 Å². The van der Waals surface area contributed by atoms with Crippen LogP contribution in [0.4, 0.5) is 17.6 Å². The number of hydrogen-bond donors (Lipinski definition) is 2. The standard InChI is InChI=1S/C42H39F4N3/c1-5-21-41(42(44,45)46,48-25-26(2)3)39-38(30-20-22-47-36-17-11-8-13-29(30)36)32-14-7-9-15-33(32)40(39,4)34-24-28(43)18-19-31(34)37-23-27-12-6-10-16-35(27)49-37/h6-20,22-24,26,48-49H,5,21,25H2,1-4H3. The SMILES string of the molecule is CCCC(NCC(C)C)(C1=C(c2ccnc3ccccc23)c2ccccc2C1(C)c1cc(F)ccc1-c1cc2ccccc2[nH]1)C(F)(F)F. The number of aromatic amines is 1. The maximum Gasteiger partial charge on any atom is 0.410 e. The van der Waals surface area contributed by atoms with Crippen molar-refractivity contribution in [1.82, 2.24) is 15.3 Å². The van der Waals surface area contributed by atoms with Gasteiger partial charge in [-0.05, 0) is 102 Å². The molecule has 7 rings (SSSR count). The minimum Gasteiger partial charge on any atom is -0.355 e. The second-order valence-electron chi connectivity index (χ2n) is 13.7. The highest BCUT2D eigenvalue weighted by Crippen LogP contribution is 2.61. The average Bonchev–Trinajstić information content (AvgIpc) is 3.63. The lowest BCUT2D eigenvalue weighted by Gasteiger charge is -2.46. The number of rotatable bonds is 9. The van der Waals surface area contributed by atoms with Crippen LogP contribution in [0.1, 0.15) is 62.8 Å². The molecule has 49 heavy (non-hydrogen) atoms. The predicted molar refractivity (Wildman–Crippen MR) is 191 cm³/mol. The number of hydrogen-bond acceptors (Lipinski definition) is 2. The summed E-state index contributed by atoms with van der Waals surface area (Å²) in [4.78, 5) is 8.04. The first-order chi connectivity index (χ1) is 23.5. The Balaban J connectivity index is 1.67. The Kier molecular flexibility index (Phi) is 8.22. The van der Waals surface area contributed by atoms with Crippen LogP contribution in [-0.2, 0) is 5.41 Å². The third-order valence-corrected chi connectivity index (χ3v) is 10.1. The van der Waals surface area contributed by atoms with Crippen LogP contribution in [0.25, 0.3) is 38.6 Å². The molecule has 2 atom stereocenters. The van der Waals surface area contributed by atoms with E-state index in [2.05, 4.69) is 15.3 Å². The Hall–Kier alpha value is -4.75. The highest BCUT2D eigenvalue weighted by Gasteiger charge is 2.63. The molecule has 0 radical (unpaired) electrons. The monoisotopic (exact) mass is 661 g/mol. The van der Waals surface area contributed by atoms with Gasteiger partial charge >= 0.3 is 6.18 Å². The maximum absolute atomic E-state index is 16.4. The first kappa shape index (κ1) is 32.8. The zero-order valence-electron chi connectivity index (χ0n) is 28.1. The number of pyridine rings is 1. The summed E-state index contributed by atoms with van der Waals surface area (Å²) in [7, 11) is 0. The molecule has 2 heterocycles. The lowest BCUT2D eigenvalue weighted by atomic mass is 9.63. The van der Waals surface area contributed by atoms with Crippen LogP contribution < -0.4 is 5.32 Å². The fourth-order valence-electron chi connectivity index (χ4n) is 7.99. The molecule has 0 saturated heterocycles. The molecule has 1 aliphatic carbocycles. The lowest BCUT2D eigenvalue weighted by Crippen LogP contribution is -2.62. The molecule has 1 aliphatic rings. The summed E-state index contributed by atoms with van der Waals surface area (Å²) in [6.45, 7) is 7.60. The van der Waals surface area contributed by atoms with Gasteiger partial charge < -0.3 is 4.98 Å². The van der Waals surface area contributed by atoms with Gasteiger partial charge in [-0.25, -0.2) is 4.39 Å². The molecule has 0 spiro atoms. The summed E-state index contributed by atoms with van der Waals surface area (Å²) in [6, 6.07) is 31.2. The highest BCUT2D eigenvalue weighted by atomic mass is 19.4. The Morgan fingerprint density at radius 1 is 0.816 bits per heavy atom. The predicted octanol–water partition coefficient (Wildman–Crippen LogP) is 11.0. The Labute approximate surface area is 284 Å². The van der Waals surface area contributed by atoms with Gasteiger partial charge in [-0.15, -0.1) is 0 Å². The number of alkyl halides is 3. The number of halogens is 4. The van der Waals surface area contributed by atoms with Gasteiger partial charge in [-0.3, -0.25) is 10.3 Å². The number of aromatic nitrogens is 2. The zero-order chi connectivity index (χ0) is 34.6. The van der Waals surface area contributed by atoms with E-state index >= 15 is 17.6 Å². The van der Waals surface area contributed by atoms with E-state index in [0.29, 0.717) is 44.6 Å². The van der Waals surface area contributed by atoms with E-state index in [1.807, 2.05) is 106 Å². The summed E-state index contributed by atoms with van der Waals surface area (Å²) in [5.74, 6) is -0.575. The quantitative estimate of drug-likeness (QED) is 0.151. The summed E-state index contributed by atoms with van der Waals surface area (Å²) < 4.78 is 64.9. The van der Waals surface area contributed by atoms with Crippen molar-refractivity contribution in [2.24, 2.45) is 5.92 Å². The largest absolute Gasteiger partial charge is 0.410 e. The average molecular weight is 662 g/mol. The van der Waals surface area contributed by atoms with Crippen molar-refractivity contribution >= 4 is 27.4 Å². The van der Waals surface area contributed by atoms with Gasteiger partial charge in [-0.1, -0.05) is 87.9 Å². The molecule has 2 unspecified atom stereocenters. The molecule has 6 aromatic rings. The van der Waals surface area contributed by atoms with Gasteiger partial charge in [0.25, 0.3) is 0 Å². The molecule has 0 amide bonds. The zero-order valence-corrected chi connectivity index (χ0v) is 28.1. The summed E-state index contributed by atoms with van der Waals surface area (Å²) in [5, 5.41) is 4.83. The van der Waals surface area contributed by atoms with Gasteiger partial charge in [-0.2, -0.15) is 13.2 Å². The second kappa shape index (κ2) is 12.3. The summed E-state index contributed by atoms with van der Waals surface area (Å²) >= 11 is 0. The molecule has 7 heteroatoms. The molecular weight excluding hydrogens is 622 g/mol. The van der Waals surface area contributed by atoms with Crippen molar-refractivity contribution < 1.29 is 17.6 Å². The van der Waals surface area contributed by atoms with E-state index in [1.165, 1.54) is 12.1 Å². The van der Waals surface area contributed by atoms with Gasteiger partial charge in [0.1, 0.15) is 11.4 Å². The maximum atomic E-state index is 16.4. The lowest BCUT2D eigenvalue weighted by molar-refractivity contribution is -0.189. The Morgan fingerprint density at radius 2 is 1.55 bits per heavy atom. The van der Waals surface area contributed by atoms with E-state index in [9.17, 15) is 0 Å². The van der Waals surface area contributed by atoms with E-state index < -0.39 is 22.9 Å². The van der Waals surface area contributed by atoms with Crippen LogP contribution in [0, 0.1) is 11.7 Å². The van der Waals surface area contributed by atoms with Crippen molar-refractivity contribution in [1.29, 1.82) is 0 Å². The smallest absolute Gasteiger partial charge is 0.355 e. The molecule has 0 fully saturated rings. The van der Waals surface area contributed by atoms with Crippen LogP contribution in [0.5, 0.6) is 0 Å². The third-order valence-electron chi connectivity index (χ3n) is 10.1. The third kappa shape index (κ3) is 5.26. The van der Waals surface area contributed by atoms with Crippen LogP contribution >= 0.6 is 0 Å². The minimum atomic E-state index is -4.71. The molecule has 2 aromatic heterocycles. The fourth-order valence-corrected chi connectivity index (χ4v) is 7.99. The summed E-state index contributed by atoms with van der Waals surface area (Å²) in [6.07, 6.45) is -2.98. The van der Waals surface area contributed by atoms with Gasteiger partial charge in [0.15, 0.2) is 0 Å². The molecule has 250 valence electrons. The first-order valence-electron chi connectivity index (χ1n) is 16.9. The number of nitrogens with one attached hydrogen (secondary N) is 2. The minimum absolute atomic E-state index is 0.0597. The van der Waals surface area contributed by atoms with Crippen LogP contribution in [0.2, 0.25) is 0 Å².